The van der Waals surface area contributed by atoms with Crippen molar-refractivity contribution in [1.29, 1.82) is 0 Å². The number of hydrogen-bond donors (Lipinski definition) is 1. The third kappa shape index (κ3) is 2.71. The van der Waals surface area contributed by atoms with Crippen LogP contribution in [0, 0.1) is 5.82 Å². The average Bonchev–Trinajstić information content (AvgIpc) is 2.82. The number of pyridine rings is 1. The first-order valence-electron chi connectivity index (χ1n) is 5.94. The minimum absolute atomic E-state index is 0.0942. The van der Waals surface area contributed by atoms with Gasteiger partial charge in [0.15, 0.2) is 0 Å². The van der Waals surface area contributed by atoms with E-state index in [0.29, 0.717) is 11.6 Å². The lowest BCUT2D eigenvalue weighted by Gasteiger charge is -2.04. The van der Waals surface area contributed by atoms with E-state index in [1.54, 1.807) is 24.4 Å². The summed E-state index contributed by atoms with van der Waals surface area (Å²) in [4.78, 5) is 4.44. The van der Waals surface area contributed by atoms with Gasteiger partial charge in [0.2, 0.25) is 0 Å². The van der Waals surface area contributed by atoms with Crippen molar-refractivity contribution in [3.05, 3.63) is 64.3 Å². The van der Waals surface area contributed by atoms with Crippen LogP contribution in [0.3, 0.4) is 0 Å². The van der Waals surface area contributed by atoms with Gasteiger partial charge < -0.3 is 9.72 Å². The molecular weight excluding hydrogens is 300 g/mol. The van der Waals surface area contributed by atoms with Gasteiger partial charge in [0.05, 0.1) is 22.3 Å². The van der Waals surface area contributed by atoms with Crippen LogP contribution in [0.4, 0.5) is 10.1 Å². The number of benzene rings is 1. The number of halogens is 3. The largest absolute Gasteiger partial charge is 0.379 e. The normalized spacial score (nSPS) is 10.9. The van der Waals surface area contributed by atoms with Gasteiger partial charge in [-0.15, -0.1) is 0 Å². The molecule has 3 nitrogen and oxygen atoms in total. The fourth-order valence-electron chi connectivity index (χ4n) is 1.90. The van der Waals surface area contributed by atoms with Crippen molar-refractivity contribution in [3.8, 4) is 0 Å². The standard InChI is InChI=1S/C14H10Cl2FN3/c15-9-1-4-14-19-11(8-20(14)7-9)6-18-10-2-3-13(17)12(16)5-10/h1-5,7-8,18H,6H2. The number of rotatable bonds is 3. The van der Waals surface area contributed by atoms with E-state index in [4.69, 9.17) is 23.2 Å². The highest BCUT2D eigenvalue weighted by molar-refractivity contribution is 6.31. The highest BCUT2D eigenvalue weighted by Crippen LogP contribution is 2.20. The summed E-state index contributed by atoms with van der Waals surface area (Å²) in [6, 6.07) is 8.15. The van der Waals surface area contributed by atoms with E-state index in [9.17, 15) is 4.39 Å². The molecule has 0 amide bonds. The van der Waals surface area contributed by atoms with Crippen molar-refractivity contribution in [1.82, 2.24) is 9.38 Å². The van der Waals surface area contributed by atoms with E-state index in [2.05, 4.69) is 10.3 Å². The molecule has 0 atom stereocenters. The van der Waals surface area contributed by atoms with Crippen molar-refractivity contribution in [3.63, 3.8) is 0 Å². The first-order chi connectivity index (χ1) is 9.61. The Bertz CT molecular complexity index is 770. The van der Waals surface area contributed by atoms with Gasteiger partial charge in [-0.1, -0.05) is 23.2 Å². The van der Waals surface area contributed by atoms with Gasteiger partial charge in [-0.05, 0) is 30.3 Å². The number of aromatic nitrogens is 2. The van der Waals surface area contributed by atoms with E-state index in [1.807, 2.05) is 16.7 Å². The van der Waals surface area contributed by atoms with Crippen LogP contribution < -0.4 is 5.32 Å². The second-order valence-electron chi connectivity index (χ2n) is 4.33. The van der Waals surface area contributed by atoms with Crippen molar-refractivity contribution in [2.75, 3.05) is 5.32 Å². The van der Waals surface area contributed by atoms with Crippen LogP contribution in [-0.2, 0) is 6.54 Å². The molecule has 0 radical (unpaired) electrons. The third-order valence-electron chi connectivity index (χ3n) is 2.86. The first kappa shape index (κ1) is 13.2. The second-order valence-corrected chi connectivity index (χ2v) is 5.17. The van der Waals surface area contributed by atoms with Crippen LogP contribution in [0.15, 0.2) is 42.7 Å². The maximum absolute atomic E-state index is 13.1. The van der Waals surface area contributed by atoms with Crippen LogP contribution in [0.2, 0.25) is 10.0 Å². The molecule has 0 aliphatic heterocycles. The van der Waals surface area contributed by atoms with Gasteiger partial charge in [-0.25, -0.2) is 9.37 Å². The topological polar surface area (TPSA) is 29.3 Å². The Morgan fingerprint density at radius 1 is 1.15 bits per heavy atom. The lowest BCUT2D eigenvalue weighted by Crippen LogP contribution is -1.99. The Morgan fingerprint density at radius 3 is 2.80 bits per heavy atom. The lowest BCUT2D eigenvalue weighted by molar-refractivity contribution is 0.628. The molecule has 102 valence electrons. The molecule has 0 unspecified atom stereocenters. The highest BCUT2D eigenvalue weighted by Gasteiger charge is 2.04. The molecule has 3 aromatic rings. The Kier molecular flexibility index (Phi) is 3.51. The summed E-state index contributed by atoms with van der Waals surface area (Å²) < 4.78 is 14.9. The molecule has 1 aromatic carbocycles. The van der Waals surface area contributed by atoms with E-state index < -0.39 is 5.82 Å². The fourth-order valence-corrected chi connectivity index (χ4v) is 2.25. The number of fused-ring (bicyclic) bond motifs is 1. The summed E-state index contributed by atoms with van der Waals surface area (Å²) in [5.74, 6) is -0.431. The van der Waals surface area contributed by atoms with E-state index >= 15 is 0 Å². The van der Waals surface area contributed by atoms with Gasteiger partial charge in [0.25, 0.3) is 0 Å². The zero-order valence-electron chi connectivity index (χ0n) is 10.3. The molecule has 20 heavy (non-hydrogen) atoms. The SMILES string of the molecule is Fc1ccc(NCc2cn3cc(Cl)ccc3n2)cc1Cl. The maximum Gasteiger partial charge on any atom is 0.141 e. The van der Waals surface area contributed by atoms with Crippen molar-refractivity contribution in [2.45, 2.75) is 6.54 Å². The molecule has 0 bridgehead atoms. The summed E-state index contributed by atoms with van der Waals surface area (Å²) in [5, 5.41) is 3.89. The van der Waals surface area contributed by atoms with Gasteiger partial charge in [0.1, 0.15) is 11.5 Å². The summed E-state index contributed by atoms with van der Waals surface area (Å²) in [6.07, 6.45) is 3.68. The molecule has 3 rings (SSSR count). The predicted octanol–water partition coefficient (Wildman–Crippen LogP) is 4.39. The number of hydrogen-bond acceptors (Lipinski definition) is 2. The lowest BCUT2D eigenvalue weighted by atomic mass is 10.3. The van der Waals surface area contributed by atoms with Gasteiger partial charge in [0, 0.05) is 18.1 Å². The third-order valence-corrected chi connectivity index (χ3v) is 3.37. The van der Waals surface area contributed by atoms with Crippen LogP contribution in [-0.4, -0.2) is 9.38 Å². The van der Waals surface area contributed by atoms with Crippen LogP contribution in [0.5, 0.6) is 0 Å². The van der Waals surface area contributed by atoms with Gasteiger partial charge in [-0.3, -0.25) is 0 Å². The predicted molar refractivity (Wildman–Crippen MR) is 78.9 cm³/mol. The molecule has 0 spiro atoms. The summed E-state index contributed by atoms with van der Waals surface area (Å²) in [7, 11) is 0. The van der Waals surface area contributed by atoms with Gasteiger partial charge in [-0.2, -0.15) is 0 Å². The first-order valence-corrected chi connectivity index (χ1v) is 6.69. The van der Waals surface area contributed by atoms with Gasteiger partial charge >= 0.3 is 0 Å². The Labute approximate surface area is 125 Å². The summed E-state index contributed by atoms with van der Waals surface area (Å²) in [6.45, 7) is 0.515. The molecule has 1 N–H and O–H groups in total. The average molecular weight is 310 g/mol. The second kappa shape index (κ2) is 5.31. The Morgan fingerprint density at radius 2 is 2.00 bits per heavy atom. The monoisotopic (exact) mass is 309 g/mol. The van der Waals surface area contributed by atoms with Crippen LogP contribution in [0.1, 0.15) is 5.69 Å². The smallest absolute Gasteiger partial charge is 0.141 e. The number of anilines is 1. The van der Waals surface area contributed by atoms with E-state index in [1.165, 1.54) is 6.07 Å². The Balaban J connectivity index is 1.77. The molecular formula is C14H10Cl2FN3. The van der Waals surface area contributed by atoms with Crippen LogP contribution >= 0.6 is 23.2 Å². The number of nitrogens with one attached hydrogen (secondary N) is 1. The zero-order chi connectivity index (χ0) is 14.1. The van der Waals surface area contributed by atoms with Crippen LogP contribution in [0.25, 0.3) is 5.65 Å². The van der Waals surface area contributed by atoms with E-state index in [0.717, 1.165) is 17.0 Å². The molecule has 0 saturated heterocycles. The number of nitrogens with zero attached hydrogens (tertiary/aromatic N) is 2. The molecule has 0 saturated carbocycles. The molecule has 0 aliphatic rings. The quantitative estimate of drug-likeness (QED) is 0.777. The van der Waals surface area contributed by atoms with Crippen molar-refractivity contribution < 1.29 is 4.39 Å². The number of imidazole rings is 1. The molecule has 0 fully saturated rings. The molecule has 0 aliphatic carbocycles. The van der Waals surface area contributed by atoms with Crippen molar-refractivity contribution in [2.24, 2.45) is 0 Å². The van der Waals surface area contributed by atoms with E-state index in [-0.39, 0.29) is 5.02 Å². The van der Waals surface area contributed by atoms with Crippen molar-refractivity contribution >= 4 is 34.5 Å². The minimum atomic E-state index is -0.431. The summed E-state index contributed by atoms with van der Waals surface area (Å²) in [5.41, 5.74) is 2.42. The molecule has 2 aromatic heterocycles. The Hall–Kier alpha value is -1.78. The summed E-state index contributed by atoms with van der Waals surface area (Å²) >= 11 is 11.6. The molecule has 6 heteroatoms. The highest BCUT2D eigenvalue weighted by atomic mass is 35.5. The minimum Gasteiger partial charge on any atom is -0.379 e. The maximum atomic E-state index is 13.1. The fraction of sp³-hybridized carbons (Fsp3) is 0.0714. The zero-order valence-corrected chi connectivity index (χ0v) is 11.8. The molecule has 2 heterocycles.